The van der Waals surface area contributed by atoms with Crippen LogP contribution in [0.3, 0.4) is 0 Å². The summed E-state index contributed by atoms with van der Waals surface area (Å²) in [5.41, 5.74) is 4.33. The lowest BCUT2D eigenvalue weighted by Crippen LogP contribution is -2.24. The largest absolute Gasteiger partial charge is 0.497 e. The molecule has 0 aliphatic heterocycles. The quantitative estimate of drug-likeness (QED) is 0.311. The fourth-order valence-corrected chi connectivity index (χ4v) is 4.69. The fraction of sp³-hybridized carbons (Fsp3) is 0.0741. The van der Waals surface area contributed by atoms with Crippen molar-refractivity contribution in [3.8, 4) is 28.0 Å². The topological polar surface area (TPSA) is 61.2 Å². The number of hydrogen-bond donors (Lipinski definition) is 0. The van der Waals surface area contributed by atoms with Gasteiger partial charge in [0, 0.05) is 16.5 Å². The van der Waals surface area contributed by atoms with Crippen molar-refractivity contribution in [3.63, 3.8) is 0 Å². The SMILES string of the molecule is COc1ccc(C(=O)Cn2cnc3scc(-c4ccc(-c5ccccc5)cc4)c3c2=O)cc1. The predicted molar refractivity (Wildman–Crippen MR) is 132 cm³/mol. The first-order valence-corrected chi connectivity index (χ1v) is 11.3. The van der Waals surface area contributed by atoms with Crippen molar-refractivity contribution in [3.05, 3.63) is 106 Å². The monoisotopic (exact) mass is 452 g/mol. The maximum Gasteiger partial charge on any atom is 0.263 e. The third kappa shape index (κ3) is 4.08. The number of benzene rings is 3. The van der Waals surface area contributed by atoms with Crippen LogP contribution in [-0.4, -0.2) is 22.4 Å². The second-order valence-corrected chi connectivity index (χ2v) is 8.46. The van der Waals surface area contributed by atoms with Crippen molar-refractivity contribution in [2.75, 3.05) is 7.11 Å². The van der Waals surface area contributed by atoms with E-state index in [4.69, 9.17) is 4.74 Å². The molecule has 5 aromatic rings. The molecule has 0 amide bonds. The predicted octanol–water partition coefficient (Wildman–Crippen LogP) is 5.68. The number of ether oxygens (including phenoxy) is 1. The third-order valence-electron chi connectivity index (χ3n) is 5.59. The number of thiophene rings is 1. The molecular weight excluding hydrogens is 432 g/mol. The summed E-state index contributed by atoms with van der Waals surface area (Å²) in [5.74, 6) is 0.512. The standard InChI is InChI=1S/C27H20N2O3S/c1-32-22-13-11-21(12-14-22)24(30)15-29-17-28-26-25(27(29)31)23(16-33-26)20-9-7-19(8-10-20)18-5-3-2-4-6-18/h2-14,16-17H,15H2,1H3. The second kappa shape index (κ2) is 8.84. The Morgan fingerprint density at radius 3 is 2.27 bits per heavy atom. The van der Waals surface area contributed by atoms with Gasteiger partial charge >= 0.3 is 0 Å². The average Bonchev–Trinajstić information content (AvgIpc) is 3.31. The van der Waals surface area contributed by atoms with Crippen molar-refractivity contribution in [1.82, 2.24) is 9.55 Å². The van der Waals surface area contributed by atoms with E-state index in [-0.39, 0.29) is 17.9 Å². The van der Waals surface area contributed by atoms with Crippen LogP contribution < -0.4 is 10.3 Å². The first-order chi connectivity index (χ1) is 16.1. The van der Waals surface area contributed by atoms with Gasteiger partial charge in [0.15, 0.2) is 5.78 Å². The summed E-state index contributed by atoms with van der Waals surface area (Å²) in [6.45, 7) is -0.0731. The molecule has 2 heterocycles. The molecule has 0 radical (unpaired) electrons. The normalized spacial score (nSPS) is 10.9. The van der Waals surface area contributed by atoms with E-state index in [1.54, 1.807) is 31.4 Å². The number of fused-ring (bicyclic) bond motifs is 1. The van der Waals surface area contributed by atoms with Crippen LogP contribution in [0, 0.1) is 0 Å². The number of aromatic nitrogens is 2. The van der Waals surface area contributed by atoms with Gasteiger partial charge in [0.25, 0.3) is 5.56 Å². The molecule has 0 saturated carbocycles. The summed E-state index contributed by atoms with van der Waals surface area (Å²) in [7, 11) is 1.57. The minimum atomic E-state index is -0.217. The zero-order valence-corrected chi connectivity index (χ0v) is 18.7. The molecule has 3 aromatic carbocycles. The van der Waals surface area contributed by atoms with E-state index in [1.807, 2.05) is 35.7 Å². The van der Waals surface area contributed by atoms with Crippen LogP contribution in [-0.2, 0) is 6.54 Å². The van der Waals surface area contributed by atoms with Crippen molar-refractivity contribution in [2.24, 2.45) is 0 Å². The van der Waals surface area contributed by atoms with Gasteiger partial charge in [0.05, 0.1) is 25.4 Å². The molecule has 33 heavy (non-hydrogen) atoms. The Labute approximate surface area is 194 Å². The van der Waals surface area contributed by atoms with E-state index >= 15 is 0 Å². The second-order valence-electron chi connectivity index (χ2n) is 7.60. The summed E-state index contributed by atoms with van der Waals surface area (Å²) in [6.07, 6.45) is 1.45. The van der Waals surface area contributed by atoms with Crippen LogP contribution in [0.4, 0.5) is 0 Å². The van der Waals surface area contributed by atoms with E-state index in [2.05, 4.69) is 29.2 Å². The van der Waals surface area contributed by atoms with E-state index in [9.17, 15) is 9.59 Å². The Kier molecular flexibility index (Phi) is 5.59. The Bertz CT molecular complexity index is 1490. The number of nitrogens with zero attached hydrogens (tertiary/aromatic N) is 2. The van der Waals surface area contributed by atoms with E-state index in [0.29, 0.717) is 21.5 Å². The highest BCUT2D eigenvalue weighted by atomic mass is 32.1. The number of Topliss-reactive ketones (excluding diaryl/α,β-unsaturated/α-hetero) is 1. The Balaban J connectivity index is 1.47. The van der Waals surface area contributed by atoms with E-state index < -0.39 is 0 Å². The molecule has 0 bridgehead atoms. The Hall–Kier alpha value is -4.03. The maximum atomic E-state index is 13.3. The van der Waals surface area contributed by atoms with Gasteiger partial charge < -0.3 is 4.74 Å². The molecule has 2 aromatic heterocycles. The van der Waals surface area contributed by atoms with Crippen LogP contribution in [0.15, 0.2) is 95.4 Å². The Morgan fingerprint density at radius 2 is 1.58 bits per heavy atom. The fourth-order valence-electron chi connectivity index (χ4n) is 3.79. The first kappa shape index (κ1) is 20.8. The number of ketones is 1. The summed E-state index contributed by atoms with van der Waals surface area (Å²) >= 11 is 1.43. The molecule has 0 fully saturated rings. The summed E-state index contributed by atoms with van der Waals surface area (Å²) < 4.78 is 6.52. The maximum absolute atomic E-state index is 13.3. The van der Waals surface area contributed by atoms with Crippen molar-refractivity contribution >= 4 is 27.3 Å². The van der Waals surface area contributed by atoms with Crippen LogP contribution in [0.25, 0.3) is 32.5 Å². The molecule has 0 unspecified atom stereocenters. The molecule has 0 N–H and O–H groups in total. The molecule has 0 aliphatic rings. The summed E-state index contributed by atoms with van der Waals surface area (Å²) in [6, 6.07) is 25.1. The van der Waals surface area contributed by atoms with Crippen molar-refractivity contribution < 1.29 is 9.53 Å². The summed E-state index contributed by atoms with van der Waals surface area (Å²) in [4.78, 5) is 31.1. The van der Waals surface area contributed by atoms with Gasteiger partial charge in [-0.2, -0.15) is 0 Å². The molecule has 6 heteroatoms. The van der Waals surface area contributed by atoms with E-state index in [0.717, 1.165) is 22.3 Å². The zero-order valence-electron chi connectivity index (χ0n) is 17.9. The lowest BCUT2D eigenvalue weighted by Gasteiger charge is -2.07. The number of methoxy groups -OCH3 is 1. The number of rotatable bonds is 6. The van der Waals surface area contributed by atoms with Gasteiger partial charge in [-0.25, -0.2) is 4.98 Å². The highest BCUT2D eigenvalue weighted by molar-refractivity contribution is 7.17. The number of hydrogen-bond acceptors (Lipinski definition) is 5. The van der Waals surface area contributed by atoms with Gasteiger partial charge in [0.2, 0.25) is 0 Å². The van der Waals surface area contributed by atoms with Gasteiger partial charge in [-0.15, -0.1) is 11.3 Å². The van der Waals surface area contributed by atoms with Crippen LogP contribution >= 0.6 is 11.3 Å². The van der Waals surface area contributed by atoms with Gasteiger partial charge in [-0.1, -0.05) is 54.6 Å². The van der Waals surface area contributed by atoms with Crippen molar-refractivity contribution in [2.45, 2.75) is 6.54 Å². The molecule has 162 valence electrons. The van der Waals surface area contributed by atoms with Crippen LogP contribution in [0.2, 0.25) is 0 Å². The lowest BCUT2D eigenvalue weighted by molar-refractivity contribution is 0.0970. The highest BCUT2D eigenvalue weighted by Crippen LogP contribution is 2.32. The molecular formula is C27H20N2O3S. The Morgan fingerprint density at radius 1 is 0.909 bits per heavy atom. The molecule has 0 saturated heterocycles. The molecule has 0 atom stereocenters. The zero-order chi connectivity index (χ0) is 22.8. The number of carbonyl (C=O) groups is 1. The number of carbonyl (C=O) groups excluding carboxylic acids is 1. The van der Waals surface area contributed by atoms with Gasteiger partial charge in [-0.05, 0) is 41.0 Å². The van der Waals surface area contributed by atoms with Gasteiger partial charge in [-0.3, -0.25) is 14.2 Å². The lowest BCUT2D eigenvalue weighted by atomic mass is 10.0. The van der Waals surface area contributed by atoms with E-state index in [1.165, 1.54) is 22.2 Å². The van der Waals surface area contributed by atoms with Gasteiger partial charge in [0.1, 0.15) is 10.6 Å². The van der Waals surface area contributed by atoms with Crippen LogP contribution in [0.5, 0.6) is 5.75 Å². The first-order valence-electron chi connectivity index (χ1n) is 10.4. The summed E-state index contributed by atoms with van der Waals surface area (Å²) in [5, 5.41) is 2.49. The average molecular weight is 453 g/mol. The third-order valence-corrected chi connectivity index (χ3v) is 6.48. The minimum Gasteiger partial charge on any atom is -0.497 e. The highest BCUT2D eigenvalue weighted by Gasteiger charge is 2.15. The molecule has 5 rings (SSSR count). The smallest absolute Gasteiger partial charge is 0.263 e. The minimum absolute atomic E-state index is 0.0731. The molecule has 5 nitrogen and oxygen atoms in total. The molecule has 0 spiro atoms. The van der Waals surface area contributed by atoms with Crippen LogP contribution in [0.1, 0.15) is 10.4 Å². The van der Waals surface area contributed by atoms with Crippen molar-refractivity contribution in [1.29, 1.82) is 0 Å². The molecule has 0 aliphatic carbocycles.